The van der Waals surface area contributed by atoms with Crippen LogP contribution in [0.1, 0.15) is 32.6 Å². The molecule has 0 saturated carbocycles. The van der Waals surface area contributed by atoms with Crippen molar-refractivity contribution >= 4 is 45.7 Å². The quantitative estimate of drug-likeness (QED) is 0.180. The second-order valence-corrected chi connectivity index (χ2v) is 13.2. The highest BCUT2D eigenvalue weighted by Crippen LogP contribution is 2.46. The van der Waals surface area contributed by atoms with E-state index in [1.807, 2.05) is 43.3 Å². The number of likely N-dealkylation sites (tertiary alicyclic amines) is 1. The zero-order chi connectivity index (χ0) is 26.3. The zero-order valence-corrected chi connectivity index (χ0v) is 24.3. The molecule has 0 spiro atoms. The highest BCUT2D eigenvalue weighted by Gasteiger charge is 2.26. The lowest BCUT2D eigenvalue weighted by Crippen LogP contribution is -2.34. The number of aromatic nitrogens is 2. The molecule has 8 nitrogen and oxygen atoms in total. The first kappa shape index (κ1) is 27.8. The maximum Gasteiger partial charge on any atom is 0.216 e. The van der Waals surface area contributed by atoms with Gasteiger partial charge in [0, 0.05) is 34.9 Å². The van der Waals surface area contributed by atoms with Crippen molar-refractivity contribution in [3.63, 3.8) is 0 Å². The van der Waals surface area contributed by atoms with Crippen molar-refractivity contribution in [2.45, 2.75) is 32.6 Å². The van der Waals surface area contributed by atoms with Crippen LogP contribution < -0.4 is 14.8 Å². The van der Waals surface area contributed by atoms with Crippen LogP contribution >= 0.6 is 23.3 Å². The first-order valence-corrected chi connectivity index (χ1v) is 15.6. The SMILES string of the molecule is CCP(=O)(CN1CCC(CCCOc2cc3c(Nc4cccc(Br)c4)ncnc3cc2OC)CC1)OC. The third-order valence-corrected chi connectivity index (χ3v) is 9.91. The van der Waals surface area contributed by atoms with Crippen LogP contribution in [0.15, 0.2) is 47.2 Å². The van der Waals surface area contributed by atoms with Gasteiger partial charge >= 0.3 is 0 Å². The Morgan fingerprint density at radius 2 is 1.95 bits per heavy atom. The topological polar surface area (TPSA) is 85.8 Å². The number of benzene rings is 2. The fourth-order valence-corrected chi connectivity index (χ4v) is 6.57. The van der Waals surface area contributed by atoms with E-state index in [9.17, 15) is 4.57 Å². The molecule has 1 saturated heterocycles. The van der Waals surface area contributed by atoms with Gasteiger partial charge in [-0.3, -0.25) is 9.46 Å². The molecule has 1 atom stereocenters. The van der Waals surface area contributed by atoms with Gasteiger partial charge in [0.05, 0.1) is 25.5 Å². The van der Waals surface area contributed by atoms with Crippen molar-refractivity contribution < 1.29 is 18.6 Å². The molecule has 2 heterocycles. The molecule has 1 fully saturated rings. The number of methoxy groups -OCH3 is 1. The number of rotatable bonds is 12. The van der Waals surface area contributed by atoms with E-state index in [2.05, 4.69) is 36.1 Å². The van der Waals surface area contributed by atoms with Crippen LogP contribution in [-0.2, 0) is 9.09 Å². The average molecular weight is 591 g/mol. The molecule has 1 aromatic heterocycles. The summed E-state index contributed by atoms with van der Waals surface area (Å²) < 4.78 is 30.7. The minimum absolute atomic E-state index is 0.569. The summed E-state index contributed by atoms with van der Waals surface area (Å²) in [6, 6.07) is 11.8. The second kappa shape index (κ2) is 13.1. The molecular formula is C27H36BrN4O4P. The number of halogens is 1. The van der Waals surface area contributed by atoms with Gasteiger partial charge in [-0.1, -0.05) is 28.9 Å². The summed E-state index contributed by atoms with van der Waals surface area (Å²) in [5.41, 5.74) is 1.71. The maximum absolute atomic E-state index is 12.6. The Kier molecular flexibility index (Phi) is 9.82. The van der Waals surface area contributed by atoms with Crippen molar-refractivity contribution in [1.82, 2.24) is 14.9 Å². The molecular weight excluding hydrogens is 555 g/mol. The largest absolute Gasteiger partial charge is 0.493 e. The minimum atomic E-state index is -2.50. The van der Waals surface area contributed by atoms with Crippen LogP contribution in [-0.4, -0.2) is 61.2 Å². The lowest BCUT2D eigenvalue weighted by atomic mass is 9.93. The lowest BCUT2D eigenvalue weighted by molar-refractivity contribution is 0.186. The zero-order valence-electron chi connectivity index (χ0n) is 21.8. The molecule has 0 bridgehead atoms. The third kappa shape index (κ3) is 7.44. The first-order valence-electron chi connectivity index (χ1n) is 12.8. The van der Waals surface area contributed by atoms with Crippen LogP contribution in [0.2, 0.25) is 0 Å². The van der Waals surface area contributed by atoms with Gasteiger partial charge < -0.3 is 19.3 Å². The van der Waals surface area contributed by atoms with Crippen LogP contribution in [0.4, 0.5) is 11.5 Å². The summed E-state index contributed by atoms with van der Waals surface area (Å²) in [6.07, 6.45) is 7.02. The number of nitrogens with one attached hydrogen (secondary N) is 1. The van der Waals surface area contributed by atoms with Crippen LogP contribution in [0.3, 0.4) is 0 Å². The highest BCUT2D eigenvalue weighted by molar-refractivity contribution is 9.10. The van der Waals surface area contributed by atoms with E-state index >= 15 is 0 Å². The Labute approximate surface area is 227 Å². The Balaban J connectivity index is 1.33. The van der Waals surface area contributed by atoms with Gasteiger partial charge in [-0.25, -0.2) is 9.97 Å². The molecule has 1 unspecified atom stereocenters. The van der Waals surface area contributed by atoms with Crippen LogP contribution in [0, 0.1) is 5.92 Å². The maximum atomic E-state index is 12.6. The summed E-state index contributed by atoms with van der Waals surface area (Å²) in [5, 5.41) is 4.25. The fourth-order valence-electron chi connectivity index (χ4n) is 4.70. The normalized spacial score (nSPS) is 16.4. The van der Waals surface area contributed by atoms with Gasteiger partial charge in [0.25, 0.3) is 0 Å². The molecule has 10 heteroatoms. The first-order chi connectivity index (χ1) is 17.9. The number of fused-ring (bicyclic) bond motifs is 1. The van der Waals surface area contributed by atoms with Crippen LogP contribution in [0.25, 0.3) is 10.9 Å². The molecule has 3 aromatic rings. The predicted octanol–water partition coefficient (Wildman–Crippen LogP) is 6.92. The standard InChI is InChI=1S/C27H36BrN4O4P/c1-4-37(33,35-3)19-32-12-10-20(11-13-32)7-6-14-36-26-16-23-24(17-25(26)34-2)29-18-30-27(23)31-22-9-5-8-21(28)15-22/h5,8-9,15-18,20H,4,6-7,10-14,19H2,1-3H3,(H,29,30,31). The monoisotopic (exact) mass is 590 g/mol. The number of piperidine rings is 1. The molecule has 4 rings (SSSR count). The van der Waals surface area contributed by atoms with Gasteiger partial charge in [-0.05, 0) is 69.0 Å². The van der Waals surface area contributed by atoms with Gasteiger partial charge in [-0.15, -0.1) is 0 Å². The van der Waals surface area contributed by atoms with Crippen molar-refractivity contribution in [3.05, 3.63) is 47.2 Å². The second-order valence-electron chi connectivity index (χ2n) is 9.38. The van der Waals surface area contributed by atoms with Crippen molar-refractivity contribution in [2.24, 2.45) is 5.92 Å². The molecule has 0 amide bonds. The van der Waals surface area contributed by atoms with E-state index < -0.39 is 7.37 Å². The van der Waals surface area contributed by atoms with E-state index in [1.54, 1.807) is 20.5 Å². The molecule has 1 aliphatic rings. The lowest BCUT2D eigenvalue weighted by Gasteiger charge is -2.33. The molecule has 37 heavy (non-hydrogen) atoms. The van der Waals surface area contributed by atoms with Crippen molar-refractivity contribution in [2.75, 3.05) is 51.7 Å². The van der Waals surface area contributed by atoms with Gasteiger partial charge in [0.2, 0.25) is 7.37 Å². The smallest absolute Gasteiger partial charge is 0.216 e. The highest BCUT2D eigenvalue weighted by atomic mass is 79.9. The van der Waals surface area contributed by atoms with Gasteiger partial charge in [0.15, 0.2) is 11.5 Å². The minimum Gasteiger partial charge on any atom is -0.493 e. The van der Waals surface area contributed by atoms with E-state index in [4.69, 9.17) is 14.0 Å². The number of hydrogen-bond acceptors (Lipinski definition) is 8. The Morgan fingerprint density at radius 1 is 1.14 bits per heavy atom. The Bertz CT molecular complexity index is 1230. The Hall–Kier alpha value is -2.19. The van der Waals surface area contributed by atoms with E-state index in [-0.39, 0.29) is 0 Å². The average Bonchev–Trinajstić information content (AvgIpc) is 2.91. The van der Waals surface area contributed by atoms with E-state index in [0.717, 1.165) is 59.8 Å². The predicted molar refractivity (Wildman–Crippen MR) is 153 cm³/mol. The van der Waals surface area contributed by atoms with E-state index in [0.29, 0.717) is 42.3 Å². The van der Waals surface area contributed by atoms with Crippen LogP contribution in [0.5, 0.6) is 11.5 Å². The van der Waals surface area contributed by atoms with Crippen molar-refractivity contribution in [1.29, 1.82) is 0 Å². The number of hydrogen-bond donors (Lipinski definition) is 1. The summed E-state index contributed by atoms with van der Waals surface area (Å²) in [5.74, 6) is 2.72. The fraction of sp³-hybridized carbons (Fsp3) is 0.481. The summed E-state index contributed by atoms with van der Waals surface area (Å²) >= 11 is 3.51. The van der Waals surface area contributed by atoms with Crippen molar-refractivity contribution in [3.8, 4) is 11.5 Å². The molecule has 200 valence electrons. The summed E-state index contributed by atoms with van der Waals surface area (Å²) in [7, 11) is 0.705. The Morgan fingerprint density at radius 3 is 2.65 bits per heavy atom. The molecule has 0 aliphatic carbocycles. The van der Waals surface area contributed by atoms with E-state index in [1.165, 1.54) is 0 Å². The summed E-state index contributed by atoms with van der Waals surface area (Å²) in [6.45, 7) is 4.50. The molecule has 0 radical (unpaired) electrons. The number of anilines is 2. The summed E-state index contributed by atoms with van der Waals surface area (Å²) in [4.78, 5) is 11.2. The number of nitrogens with zero attached hydrogens (tertiary/aromatic N) is 3. The third-order valence-electron chi connectivity index (χ3n) is 6.96. The molecule has 2 aromatic carbocycles. The van der Waals surface area contributed by atoms with Gasteiger partial charge in [-0.2, -0.15) is 0 Å². The van der Waals surface area contributed by atoms with Gasteiger partial charge in [0.1, 0.15) is 12.1 Å². The number of ether oxygens (including phenoxy) is 2. The molecule has 1 N–H and O–H groups in total. The molecule has 1 aliphatic heterocycles.